The zero-order valence-electron chi connectivity index (χ0n) is 20.4. The number of aliphatic hydroxyl groups is 1. The molecule has 2 aromatic rings. The minimum atomic E-state index is -0.267. The van der Waals surface area contributed by atoms with Gasteiger partial charge in [0.05, 0.1) is 12.5 Å². The van der Waals surface area contributed by atoms with E-state index in [2.05, 4.69) is 41.0 Å². The fraction of sp³-hybridized carbons (Fsp3) is 0.577. The average molecular weight is 486 g/mol. The highest BCUT2D eigenvalue weighted by Gasteiger charge is 2.33. The highest BCUT2D eigenvalue weighted by molar-refractivity contribution is 6.30. The summed E-state index contributed by atoms with van der Waals surface area (Å²) in [5, 5.41) is 14.1. The second kappa shape index (κ2) is 10.6. The molecule has 2 aliphatic rings. The number of aromatic nitrogens is 2. The lowest BCUT2D eigenvalue weighted by Gasteiger charge is -2.38. The molecule has 0 spiro atoms. The van der Waals surface area contributed by atoms with E-state index >= 15 is 0 Å². The van der Waals surface area contributed by atoms with Crippen molar-refractivity contribution in [3.05, 3.63) is 52.4 Å². The van der Waals surface area contributed by atoms with Gasteiger partial charge in [-0.15, -0.1) is 0 Å². The van der Waals surface area contributed by atoms with Crippen LogP contribution in [0.3, 0.4) is 0 Å². The molecule has 1 fully saturated rings. The highest BCUT2D eigenvalue weighted by Crippen LogP contribution is 2.37. The first-order valence-electron chi connectivity index (χ1n) is 12.3. The molecule has 1 saturated heterocycles. The zero-order valence-corrected chi connectivity index (χ0v) is 21.2. The number of nitrogens with zero attached hydrogens (tertiary/aromatic N) is 4. The smallest absolute Gasteiger partial charge is 0.231 e. The Bertz CT molecular complexity index is 989. The number of aliphatic hydroxyl groups excluding tert-OH is 1. The molecule has 8 heteroatoms. The molecule has 2 atom stereocenters. The molecular formula is C26H36ClN5O2. The number of amides is 1. The standard InChI is InChI=1S/C26H36ClN5O2/c1-4-26(2,3)30-15-21(18-5-8-20(27)9-6-18)25(34)32-13-11-31(12-14-32)24-23-19(16-33)7-10-22(23)28-17-29-24/h5-6,8-9,17,19,21,30,33H,4,7,10-16H2,1-3H3/t19?,21-/m1/s1. The number of benzene rings is 1. The van der Waals surface area contributed by atoms with E-state index in [1.165, 1.54) is 0 Å². The molecule has 1 aliphatic heterocycles. The van der Waals surface area contributed by atoms with E-state index in [1.807, 2.05) is 29.2 Å². The number of carbonyl (C=O) groups is 1. The minimum absolute atomic E-state index is 0.0414. The van der Waals surface area contributed by atoms with Gasteiger partial charge in [-0.2, -0.15) is 0 Å². The highest BCUT2D eigenvalue weighted by atomic mass is 35.5. The lowest BCUT2D eigenvalue weighted by molar-refractivity contribution is -0.133. The molecule has 0 saturated carbocycles. The number of carbonyl (C=O) groups excluding carboxylic acids is 1. The molecule has 1 amide bonds. The molecule has 1 unspecified atom stereocenters. The molecule has 4 rings (SSSR count). The summed E-state index contributed by atoms with van der Waals surface area (Å²) in [6, 6.07) is 7.63. The van der Waals surface area contributed by atoms with Gasteiger partial charge in [0, 0.05) is 60.5 Å². The molecule has 184 valence electrons. The third-order valence-corrected chi connectivity index (χ3v) is 7.69. The molecule has 0 radical (unpaired) electrons. The van der Waals surface area contributed by atoms with E-state index in [4.69, 9.17) is 11.6 Å². The molecule has 1 aliphatic carbocycles. The SMILES string of the molecule is CCC(C)(C)NC[C@@H](C(=O)N1CCN(c2ncnc3c2C(CO)CC3)CC1)c1ccc(Cl)cc1. The van der Waals surface area contributed by atoms with Crippen LogP contribution in [0.5, 0.6) is 0 Å². The van der Waals surface area contributed by atoms with Gasteiger partial charge in [-0.1, -0.05) is 30.7 Å². The zero-order chi connectivity index (χ0) is 24.3. The van der Waals surface area contributed by atoms with Gasteiger partial charge in [-0.05, 0) is 50.8 Å². The number of nitrogens with one attached hydrogen (secondary N) is 1. The number of piperazine rings is 1. The van der Waals surface area contributed by atoms with Crippen LogP contribution in [0.15, 0.2) is 30.6 Å². The van der Waals surface area contributed by atoms with E-state index < -0.39 is 0 Å². The Hall–Kier alpha value is -2.22. The van der Waals surface area contributed by atoms with Crippen molar-refractivity contribution in [1.82, 2.24) is 20.2 Å². The van der Waals surface area contributed by atoms with Gasteiger partial charge in [0.1, 0.15) is 12.1 Å². The lowest BCUT2D eigenvalue weighted by atomic mass is 9.94. The van der Waals surface area contributed by atoms with Crippen LogP contribution >= 0.6 is 11.6 Å². The second-order valence-corrected chi connectivity index (χ2v) is 10.4. The Balaban J connectivity index is 1.47. The Kier molecular flexibility index (Phi) is 7.75. The predicted molar refractivity (Wildman–Crippen MR) is 136 cm³/mol. The second-order valence-electron chi connectivity index (χ2n) is 10.0. The minimum Gasteiger partial charge on any atom is -0.396 e. The maximum Gasteiger partial charge on any atom is 0.231 e. The summed E-state index contributed by atoms with van der Waals surface area (Å²) in [5.74, 6) is 0.904. The van der Waals surface area contributed by atoms with Crippen molar-refractivity contribution in [3.8, 4) is 0 Å². The van der Waals surface area contributed by atoms with Crippen molar-refractivity contribution in [2.75, 3.05) is 44.2 Å². The Morgan fingerprint density at radius 3 is 2.56 bits per heavy atom. The molecular weight excluding hydrogens is 450 g/mol. The number of hydrogen-bond donors (Lipinski definition) is 2. The third-order valence-electron chi connectivity index (χ3n) is 7.43. The summed E-state index contributed by atoms with van der Waals surface area (Å²) in [4.78, 5) is 26.9. The molecule has 7 nitrogen and oxygen atoms in total. The Morgan fingerprint density at radius 1 is 1.21 bits per heavy atom. The maximum atomic E-state index is 13.7. The van der Waals surface area contributed by atoms with Crippen molar-refractivity contribution < 1.29 is 9.90 Å². The lowest BCUT2D eigenvalue weighted by Crippen LogP contribution is -2.52. The summed E-state index contributed by atoms with van der Waals surface area (Å²) >= 11 is 6.11. The third kappa shape index (κ3) is 5.37. The number of rotatable bonds is 8. The van der Waals surface area contributed by atoms with Crippen LogP contribution in [0.25, 0.3) is 0 Å². The van der Waals surface area contributed by atoms with E-state index in [0.29, 0.717) is 37.7 Å². The van der Waals surface area contributed by atoms with Gasteiger partial charge in [-0.3, -0.25) is 4.79 Å². The van der Waals surface area contributed by atoms with Gasteiger partial charge < -0.3 is 20.2 Å². The average Bonchev–Trinajstić information content (AvgIpc) is 3.28. The first-order valence-corrected chi connectivity index (χ1v) is 12.7. The number of halogens is 1. The van der Waals surface area contributed by atoms with E-state index in [9.17, 15) is 9.90 Å². The monoisotopic (exact) mass is 485 g/mol. The topological polar surface area (TPSA) is 81.6 Å². The van der Waals surface area contributed by atoms with E-state index in [0.717, 1.165) is 41.9 Å². The van der Waals surface area contributed by atoms with Crippen LogP contribution in [0.4, 0.5) is 5.82 Å². The molecule has 34 heavy (non-hydrogen) atoms. The van der Waals surface area contributed by atoms with Crippen LogP contribution in [-0.2, 0) is 11.2 Å². The number of anilines is 1. The quantitative estimate of drug-likeness (QED) is 0.596. The summed E-state index contributed by atoms with van der Waals surface area (Å²) in [5.41, 5.74) is 3.08. The van der Waals surface area contributed by atoms with Gasteiger partial charge in [0.15, 0.2) is 0 Å². The van der Waals surface area contributed by atoms with E-state index in [1.54, 1.807) is 6.33 Å². The van der Waals surface area contributed by atoms with Gasteiger partial charge in [-0.25, -0.2) is 9.97 Å². The Morgan fingerprint density at radius 2 is 1.91 bits per heavy atom. The van der Waals surface area contributed by atoms with Crippen molar-refractivity contribution in [3.63, 3.8) is 0 Å². The predicted octanol–water partition coefficient (Wildman–Crippen LogP) is 3.36. The number of aryl methyl sites for hydroxylation is 1. The van der Waals surface area contributed by atoms with Crippen molar-refractivity contribution >= 4 is 23.3 Å². The summed E-state index contributed by atoms with van der Waals surface area (Å²) in [6.45, 7) is 9.89. The number of fused-ring (bicyclic) bond motifs is 1. The number of hydrogen-bond acceptors (Lipinski definition) is 6. The van der Waals surface area contributed by atoms with Crippen molar-refractivity contribution in [2.45, 2.75) is 57.4 Å². The Labute approximate surface area is 207 Å². The van der Waals surface area contributed by atoms with Crippen LogP contribution in [0.2, 0.25) is 5.02 Å². The van der Waals surface area contributed by atoms with Crippen LogP contribution in [-0.4, -0.2) is 70.8 Å². The van der Waals surface area contributed by atoms with Gasteiger partial charge in [0.25, 0.3) is 0 Å². The summed E-state index contributed by atoms with van der Waals surface area (Å²) < 4.78 is 0. The van der Waals surface area contributed by atoms with Crippen LogP contribution in [0, 0.1) is 0 Å². The maximum absolute atomic E-state index is 13.7. The normalized spacial score (nSPS) is 19.3. The van der Waals surface area contributed by atoms with Gasteiger partial charge >= 0.3 is 0 Å². The fourth-order valence-corrected chi connectivity index (χ4v) is 4.96. The van der Waals surface area contributed by atoms with Crippen LogP contribution in [0.1, 0.15) is 62.3 Å². The summed E-state index contributed by atoms with van der Waals surface area (Å²) in [7, 11) is 0. The molecule has 2 N–H and O–H groups in total. The van der Waals surface area contributed by atoms with Crippen molar-refractivity contribution in [2.24, 2.45) is 0 Å². The largest absolute Gasteiger partial charge is 0.396 e. The van der Waals surface area contributed by atoms with E-state index in [-0.39, 0.29) is 29.9 Å². The molecule has 1 aromatic carbocycles. The van der Waals surface area contributed by atoms with Crippen molar-refractivity contribution in [1.29, 1.82) is 0 Å². The summed E-state index contributed by atoms with van der Waals surface area (Å²) in [6.07, 6.45) is 4.41. The van der Waals surface area contributed by atoms with Gasteiger partial charge in [0.2, 0.25) is 5.91 Å². The molecule has 0 bridgehead atoms. The first-order chi connectivity index (χ1) is 16.3. The first kappa shape index (κ1) is 24.9. The molecule has 1 aromatic heterocycles. The van der Waals surface area contributed by atoms with Crippen LogP contribution < -0.4 is 10.2 Å². The fourth-order valence-electron chi connectivity index (χ4n) is 4.83. The molecule has 2 heterocycles.